The standard InChI is InChI=1S/C17H21BrFNO4/c1-11(24-15-3-2-13(19)10-14(15)18)16(21)20-6-4-12(5-7-20)17-22-8-9-23-17/h2-3,10-12,17H,4-9H2,1H3. The molecule has 2 saturated heterocycles. The van der Waals surface area contributed by atoms with Crippen LogP contribution in [-0.4, -0.2) is 49.5 Å². The van der Waals surface area contributed by atoms with Crippen molar-refractivity contribution in [3.8, 4) is 5.75 Å². The van der Waals surface area contributed by atoms with E-state index in [0.29, 0.717) is 42.4 Å². The van der Waals surface area contributed by atoms with E-state index in [1.165, 1.54) is 18.2 Å². The van der Waals surface area contributed by atoms with Crippen molar-refractivity contribution in [1.29, 1.82) is 0 Å². The highest BCUT2D eigenvalue weighted by atomic mass is 79.9. The van der Waals surface area contributed by atoms with Gasteiger partial charge in [0.2, 0.25) is 0 Å². The summed E-state index contributed by atoms with van der Waals surface area (Å²) in [7, 11) is 0. The van der Waals surface area contributed by atoms with Crippen LogP contribution in [0.4, 0.5) is 4.39 Å². The van der Waals surface area contributed by atoms with Gasteiger partial charge in [-0.15, -0.1) is 0 Å². The summed E-state index contributed by atoms with van der Waals surface area (Å²) in [5, 5.41) is 0. The Labute approximate surface area is 149 Å². The number of nitrogens with zero attached hydrogens (tertiary/aromatic N) is 1. The third-order valence-electron chi connectivity index (χ3n) is 4.43. The largest absolute Gasteiger partial charge is 0.480 e. The topological polar surface area (TPSA) is 48.0 Å². The summed E-state index contributed by atoms with van der Waals surface area (Å²) >= 11 is 3.25. The normalized spacial score (nSPS) is 21.0. The maximum atomic E-state index is 13.1. The lowest BCUT2D eigenvalue weighted by Crippen LogP contribution is -2.46. The molecular weight excluding hydrogens is 381 g/mol. The summed E-state index contributed by atoms with van der Waals surface area (Å²) in [6, 6.07) is 4.15. The number of benzene rings is 1. The summed E-state index contributed by atoms with van der Waals surface area (Å²) in [5.41, 5.74) is 0. The third-order valence-corrected chi connectivity index (χ3v) is 5.05. The maximum Gasteiger partial charge on any atom is 0.263 e. The van der Waals surface area contributed by atoms with Crippen LogP contribution in [0.2, 0.25) is 0 Å². The molecule has 1 aromatic rings. The van der Waals surface area contributed by atoms with E-state index in [4.69, 9.17) is 14.2 Å². The van der Waals surface area contributed by atoms with E-state index in [-0.39, 0.29) is 18.0 Å². The zero-order valence-corrected chi connectivity index (χ0v) is 15.1. The molecule has 2 heterocycles. The summed E-state index contributed by atoms with van der Waals surface area (Å²) < 4.78 is 30.4. The third kappa shape index (κ3) is 4.07. The highest BCUT2D eigenvalue weighted by Gasteiger charge is 2.33. The monoisotopic (exact) mass is 401 g/mol. The van der Waals surface area contributed by atoms with Gasteiger partial charge in [-0.25, -0.2) is 4.39 Å². The predicted octanol–water partition coefficient (Wildman–Crippen LogP) is 2.97. The van der Waals surface area contributed by atoms with Crippen molar-refractivity contribution in [2.75, 3.05) is 26.3 Å². The molecule has 5 nitrogen and oxygen atoms in total. The lowest BCUT2D eigenvalue weighted by atomic mass is 9.96. The van der Waals surface area contributed by atoms with Gasteiger partial charge in [-0.3, -0.25) is 4.79 Å². The van der Waals surface area contributed by atoms with Crippen LogP contribution in [0.3, 0.4) is 0 Å². The van der Waals surface area contributed by atoms with E-state index in [1.54, 1.807) is 6.92 Å². The molecule has 2 fully saturated rings. The molecule has 1 aromatic carbocycles. The number of amides is 1. The highest BCUT2D eigenvalue weighted by molar-refractivity contribution is 9.10. The fourth-order valence-corrected chi connectivity index (χ4v) is 3.55. The quantitative estimate of drug-likeness (QED) is 0.777. The first-order valence-electron chi connectivity index (χ1n) is 8.18. The molecular formula is C17H21BrFNO4. The Kier molecular flexibility index (Phi) is 5.73. The number of carbonyl (C=O) groups is 1. The number of hydrogen-bond acceptors (Lipinski definition) is 4. The molecule has 1 amide bonds. The first-order chi connectivity index (χ1) is 11.5. The van der Waals surface area contributed by atoms with Crippen LogP contribution in [0.15, 0.2) is 22.7 Å². The van der Waals surface area contributed by atoms with Crippen LogP contribution in [-0.2, 0) is 14.3 Å². The van der Waals surface area contributed by atoms with E-state index in [2.05, 4.69) is 15.9 Å². The number of rotatable bonds is 4. The van der Waals surface area contributed by atoms with Crippen molar-refractivity contribution in [1.82, 2.24) is 4.90 Å². The molecule has 0 aliphatic carbocycles. The van der Waals surface area contributed by atoms with Gasteiger partial charge in [0.05, 0.1) is 17.7 Å². The fourth-order valence-electron chi connectivity index (χ4n) is 3.11. The van der Waals surface area contributed by atoms with Crippen LogP contribution in [0.25, 0.3) is 0 Å². The Morgan fingerprint density at radius 1 is 1.33 bits per heavy atom. The molecule has 0 saturated carbocycles. The minimum absolute atomic E-state index is 0.0575. The van der Waals surface area contributed by atoms with Gasteiger partial charge in [0.25, 0.3) is 5.91 Å². The van der Waals surface area contributed by atoms with E-state index in [9.17, 15) is 9.18 Å². The van der Waals surface area contributed by atoms with Crippen molar-refractivity contribution in [3.63, 3.8) is 0 Å². The second-order valence-electron chi connectivity index (χ2n) is 6.11. The van der Waals surface area contributed by atoms with Gasteiger partial charge in [0.15, 0.2) is 12.4 Å². The van der Waals surface area contributed by atoms with Gasteiger partial charge in [0.1, 0.15) is 11.6 Å². The van der Waals surface area contributed by atoms with E-state index < -0.39 is 6.10 Å². The van der Waals surface area contributed by atoms with Gasteiger partial charge in [0, 0.05) is 19.0 Å². The molecule has 132 valence electrons. The van der Waals surface area contributed by atoms with Crippen LogP contribution >= 0.6 is 15.9 Å². The number of hydrogen-bond donors (Lipinski definition) is 0. The molecule has 0 N–H and O–H groups in total. The van der Waals surface area contributed by atoms with E-state index >= 15 is 0 Å². The Balaban J connectivity index is 1.52. The van der Waals surface area contributed by atoms with Crippen LogP contribution in [0.1, 0.15) is 19.8 Å². The summed E-state index contributed by atoms with van der Waals surface area (Å²) in [6.45, 7) is 4.37. The second-order valence-corrected chi connectivity index (χ2v) is 6.96. The molecule has 2 aliphatic heterocycles. The van der Waals surface area contributed by atoms with Crippen LogP contribution in [0.5, 0.6) is 5.75 Å². The van der Waals surface area contributed by atoms with Crippen LogP contribution < -0.4 is 4.74 Å². The molecule has 0 bridgehead atoms. The Hall–Kier alpha value is -1.18. The van der Waals surface area contributed by atoms with Crippen molar-refractivity contribution < 1.29 is 23.4 Å². The minimum Gasteiger partial charge on any atom is -0.480 e. The van der Waals surface area contributed by atoms with Gasteiger partial charge in [-0.05, 0) is 53.9 Å². The Morgan fingerprint density at radius 3 is 2.62 bits per heavy atom. The zero-order valence-electron chi connectivity index (χ0n) is 13.5. The molecule has 0 spiro atoms. The van der Waals surface area contributed by atoms with Crippen molar-refractivity contribution in [3.05, 3.63) is 28.5 Å². The summed E-state index contributed by atoms with van der Waals surface area (Å²) in [5.74, 6) is 0.392. The summed E-state index contributed by atoms with van der Waals surface area (Å²) in [4.78, 5) is 14.4. The number of carbonyl (C=O) groups excluding carboxylic acids is 1. The SMILES string of the molecule is CC(Oc1ccc(F)cc1Br)C(=O)N1CCC(C2OCCO2)CC1. The number of ether oxygens (including phenoxy) is 3. The molecule has 2 aliphatic rings. The molecule has 3 rings (SSSR count). The fraction of sp³-hybridized carbons (Fsp3) is 0.588. The molecule has 1 atom stereocenters. The van der Waals surface area contributed by atoms with E-state index in [1.807, 2.05) is 4.90 Å². The average Bonchev–Trinajstić information content (AvgIpc) is 3.11. The maximum absolute atomic E-state index is 13.1. The minimum atomic E-state index is -0.623. The predicted molar refractivity (Wildman–Crippen MR) is 89.2 cm³/mol. The van der Waals surface area contributed by atoms with Crippen molar-refractivity contribution in [2.45, 2.75) is 32.2 Å². The van der Waals surface area contributed by atoms with Crippen molar-refractivity contribution in [2.24, 2.45) is 5.92 Å². The zero-order chi connectivity index (χ0) is 17.1. The lowest BCUT2D eigenvalue weighted by Gasteiger charge is -2.35. The number of piperidine rings is 1. The number of halogens is 2. The Morgan fingerprint density at radius 2 is 2.00 bits per heavy atom. The molecule has 7 heteroatoms. The highest BCUT2D eigenvalue weighted by Crippen LogP contribution is 2.28. The van der Waals surface area contributed by atoms with E-state index in [0.717, 1.165) is 12.8 Å². The van der Waals surface area contributed by atoms with Crippen molar-refractivity contribution >= 4 is 21.8 Å². The second kappa shape index (κ2) is 7.80. The van der Waals surface area contributed by atoms with Gasteiger partial charge >= 0.3 is 0 Å². The first-order valence-corrected chi connectivity index (χ1v) is 8.97. The first kappa shape index (κ1) is 17.6. The lowest BCUT2D eigenvalue weighted by molar-refractivity contribution is -0.143. The summed E-state index contributed by atoms with van der Waals surface area (Å²) in [6.07, 6.45) is 0.987. The number of likely N-dealkylation sites (tertiary alicyclic amines) is 1. The van der Waals surface area contributed by atoms with Gasteiger partial charge in [-0.1, -0.05) is 0 Å². The molecule has 0 aromatic heterocycles. The van der Waals surface area contributed by atoms with Gasteiger partial charge in [-0.2, -0.15) is 0 Å². The van der Waals surface area contributed by atoms with Gasteiger partial charge < -0.3 is 19.1 Å². The van der Waals surface area contributed by atoms with Crippen LogP contribution in [0, 0.1) is 11.7 Å². The average molecular weight is 402 g/mol. The molecule has 1 unspecified atom stereocenters. The Bertz CT molecular complexity index is 586. The molecule has 0 radical (unpaired) electrons. The smallest absolute Gasteiger partial charge is 0.263 e. The molecule has 24 heavy (non-hydrogen) atoms.